The summed E-state index contributed by atoms with van der Waals surface area (Å²) in [6, 6.07) is 0. The number of nitrogens with one attached hydrogen (secondary N) is 2. The number of hydrogen-bond acceptors (Lipinski definition) is 2. The largest absolute Gasteiger partial charge is 0.356 e. The maximum Gasteiger partial charge on any atom is 0.190 e. The zero-order valence-electron chi connectivity index (χ0n) is 10.0. The van der Waals surface area contributed by atoms with Gasteiger partial charge in [-0.2, -0.15) is 11.8 Å². The molecule has 0 spiro atoms. The molecule has 0 saturated heterocycles. The molecule has 92 valence electrons. The van der Waals surface area contributed by atoms with Gasteiger partial charge < -0.3 is 10.6 Å². The average molecular weight is 345 g/mol. The normalized spacial score (nSPS) is 10.7. The van der Waals surface area contributed by atoms with Crippen molar-refractivity contribution in [1.29, 1.82) is 0 Å². The Morgan fingerprint density at radius 2 is 1.80 bits per heavy atom. The van der Waals surface area contributed by atoms with Gasteiger partial charge in [0.15, 0.2) is 5.96 Å². The van der Waals surface area contributed by atoms with E-state index in [0.29, 0.717) is 0 Å². The number of unbranched alkanes of at least 4 members (excludes halogenated alkanes) is 1. The number of hydrogen-bond donors (Lipinski definition) is 2. The maximum atomic E-state index is 4.15. The Morgan fingerprint density at radius 3 is 2.27 bits per heavy atom. The van der Waals surface area contributed by atoms with Crippen LogP contribution in [0.5, 0.6) is 0 Å². The lowest BCUT2D eigenvalue weighted by molar-refractivity contribution is 0.724. The number of rotatable bonds is 7. The van der Waals surface area contributed by atoms with Crippen molar-refractivity contribution in [1.82, 2.24) is 10.6 Å². The zero-order valence-corrected chi connectivity index (χ0v) is 13.2. The first-order valence-corrected chi connectivity index (χ1v) is 6.68. The van der Waals surface area contributed by atoms with E-state index in [9.17, 15) is 0 Å². The van der Waals surface area contributed by atoms with Gasteiger partial charge in [0, 0.05) is 20.1 Å². The molecule has 0 aliphatic carbocycles. The Morgan fingerprint density at radius 1 is 1.20 bits per heavy atom. The number of aliphatic imine (C=N–C) groups is 1. The highest BCUT2D eigenvalue weighted by atomic mass is 127. The molecule has 5 heteroatoms. The summed E-state index contributed by atoms with van der Waals surface area (Å²) in [4.78, 5) is 4.15. The SMILES string of the molecule is CCCCNC(=NC)NCCCSC.I. The van der Waals surface area contributed by atoms with Gasteiger partial charge in [0.2, 0.25) is 0 Å². The zero-order chi connectivity index (χ0) is 10.6. The topological polar surface area (TPSA) is 36.4 Å². The van der Waals surface area contributed by atoms with Crippen LogP contribution in [0, 0.1) is 0 Å². The van der Waals surface area contributed by atoms with Gasteiger partial charge in [-0.05, 0) is 24.9 Å². The van der Waals surface area contributed by atoms with E-state index in [0.717, 1.165) is 19.0 Å². The minimum Gasteiger partial charge on any atom is -0.356 e. The third kappa shape index (κ3) is 12.3. The summed E-state index contributed by atoms with van der Waals surface area (Å²) in [6.07, 6.45) is 5.74. The third-order valence-corrected chi connectivity index (χ3v) is 2.56. The van der Waals surface area contributed by atoms with E-state index < -0.39 is 0 Å². The molecule has 0 aliphatic heterocycles. The van der Waals surface area contributed by atoms with Crippen LogP contribution >= 0.6 is 35.7 Å². The van der Waals surface area contributed by atoms with Crippen LogP contribution in [-0.4, -0.2) is 38.1 Å². The van der Waals surface area contributed by atoms with E-state index in [4.69, 9.17) is 0 Å². The lowest BCUT2D eigenvalue weighted by Gasteiger charge is -2.10. The molecule has 3 nitrogen and oxygen atoms in total. The second-order valence-corrected chi connectivity index (χ2v) is 4.11. The Labute approximate surface area is 115 Å². The van der Waals surface area contributed by atoms with Gasteiger partial charge in [-0.3, -0.25) is 4.99 Å². The van der Waals surface area contributed by atoms with Crippen LogP contribution in [0.4, 0.5) is 0 Å². The molecule has 0 radical (unpaired) electrons. The molecule has 0 aromatic carbocycles. The molecule has 0 fully saturated rings. The summed E-state index contributed by atoms with van der Waals surface area (Å²) >= 11 is 1.88. The molecular weight excluding hydrogens is 321 g/mol. The van der Waals surface area contributed by atoms with Gasteiger partial charge in [-0.15, -0.1) is 24.0 Å². The van der Waals surface area contributed by atoms with Crippen molar-refractivity contribution in [3.05, 3.63) is 0 Å². The van der Waals surface area contributed by atoms with Crippen molar-refractivity contribution in [2.24, 2.45) is 4.99 Å². The van der Waals surface area contributed by atoms with Crippen molar-refractivity contribution in [2.45, 2.75) is 26.2 Å². The fourth-order valence-corrected chi connectivity index (χ4v) is 1.46. The van der Waals surface area contributed by atoms with Gasteiger partial charge in [0.1, 0.15) is 0 Å². The third-order valence-electron chi connectivity index (χ3n) is 1.86. The number of thioether (sulfide) groups is 1. The molecule has 0 aromatic rings. The van der Waals surface area contributed by atoms with Gasteiger partial charge in [-0.25, -0.2) is 0 Å². The Kier molecular flexibility index (Phi) is 17.0. The van der Waals surface area contributed by atoms with Crippen molar-refractivity contribution in [2.75, 3.05) is 32.1 Å². The van der Waals surface area contributed by atoms with E-state index in [-0.39, 0.29) is 24.0 Å². The molecule has 2 N–H and O–H groups in total. The van der Waals surface area contributed by atoms with Gasteiger partial charge >= 0.3 is 0 Å². The van der Waals surface area contributed by atoms with E-state index in [1.807, 2.05) is 18.8 Å². The number of guanidine groups is 1. The minimum absolute atomic E-state index is 0. The monoisotopic (exact) mass is 345 g/mol. The molecule has 0 heterocycles. The van der Waals surface area contributed by atoms with E-state index >= 15 is 0 Å². The van der Waals surface area contributed by atoms with Crippen molar-refractivity contribution < 1.29 is 0 Å². The predicted octanol–water partition coefficient (Wildman–Crippen LogP) is 2.32. The lowest BCUT2D eigenvalue weighted by Crippen LogP contribution is -2.38. The molecule has 0 aliphatic rings. The molecule has 0 atom stereocenters. The standard InChI is InChI=1S/C10H23N3S.HI/c1-4-5-7-12-10(11-2)13-8-6-9-14-3;/h4-9H2,1-3H3,(H2,11,12,13);1H. The van der Waals surface area contributed by atoms with Crippen molar-refractivity contribution in [3.8, 4) is 0 Å². The Balaban J connectivity index is 0. The Hall–Kier alpha value is 0.350. The van der Waals surface area contributed by atoms with Gasteiger partial charge in [-0.1, -0.05) is 13.3 Å². The smallest absolute Gasteiger partial charge is 0.190 e. The first kappa shape index (κ1) is 17.7. The molecule has 0 aromatic heterocycles. The van der Waals surface area contributed by atoms with Crippen LogP contribution in [-0.2, 0) is 0 Å². The predicted molar refractivity (Wildman–Crippen MR) is 82.7 cm³/mol. The fourth-order valence-electron chi connectivity index (χ4n) is 1.03. The molecule has 0 amide bonds. The Bertz CT molecular complexity index is 154. The van der Waals surface area contributed by atoms with Crippen LogP contribution in [0.1, 0.15) is 26.2 Å². The molecule has 0 bridgehead atoms. The van der Waals surface area contributed by atoms with Crippen LogP contribution in [0.3, 0.4) is 0 Å². The molecular formula is C10H24IN3S. The fraction of sp³-hybridized carbons (Fsp3) is 0.900. The van der Waals surface area contributed by atoms with Crippen molar-refractivity contribution in [3.63, 3.8) is 0 Å². The van der Waals surface area contributed by atoms with Crippen molar-refractivity contribution >= 4 is 41.7 Å². The summed E-state index contributed by atoms with van der Waals surface area (Å²) in [7, 11) is 1.82. The lowest BCUT2D eigenvalue weighted by atomic mass is 10.3. The first-order chi connectivity index (χ1) is 6.85. The van der Waals surface area contributed by atoms with E-state index in [1.54, 1.807) is 0 Å². The molecule has 0 rings (SSSR count). The minimum atomic E-state index is 0. The number of nitrogens with zero attached hydrogens (tertiary/aromatic N) is 1. The molecule has 0 saturated carbocycles. The van der Waals surface area contributed by atoms with Gasteiger partial charge in [0.25, 0.3) is 0 Å². The van der Waals surface area contributed by atoms with Crippen LogP contribution in [0.15, 0.2) is 4.99 Å². The van der Waals surface area contributed by atoms with Crippen LogP contribution in [0.2, 0.25) is 0 Å². The summed E-state index contributed by atoms with van der Waals surface area (Å²) in [6.45, 7) is 4.21. The van der Waals surface area contributed by atoms with Crippen LogP contribution in [0.25, 0.3) is 0 Å². The molecule has 0 unspecified atom stereocenters. The maximum absolute atomic E-state index is 4.15. The highest BCUT2D eigenvalue weighted by Gasteiger charge is 1.94. The second kappa shape index (κ2) is 14.3. The first-order valence-electron chi connectivity index (χ1n) is 5.28. The summed E-state index contributed by atoms with van der Waals surface area (Å²) in [5.41, 5.74) is 0. The average Bonchev–Trinajstić information content (AvgIpc) is 2.22. The highest BCUT2D eigenvalue weighted by Crippen LogP contribution is 1.93. The van der Waals surface area contributed by atoms with Crippen LogP contribution < -0.4 is 10.6 Å². The summed E-state index contributed by atoms with van der Waals surface area (Å²) in [5.74, 6) is 2.14. The highest BCUT2D eigenvalue weighted by molar-refractivity contribution is 14.0. The summed E-state index contributed by atoms with van der Waals surface area (Å²) < 4.78 is 0. The second-order valence-electron chi connectivity index (χ2n) is 3.13. The van der Waals surface area contributed by atoms with E-state index in [1.165, 1.54) is 25.0 Å². The molecule has 15 heavy (non-hydrogen) atoms. The quantitative estimate of drug-likeness (QED) is 0.322. The summed E-state index contributed by atoms with van der Waals surface area (Å²) in [5, 5.41) is 6.57. The van der Waals surface area contributed by atoms with E-state index in [2.05, 4.69) is 28.8 Å². The van der Waals surface area contributed by atoms with Gasteiger partial charge in [0.05, 0.1) is 0 Å². The number of halogens is 1.